The lowest BCUT2D eigenvalue weighted by atomic mass is 9.64. The molecule has 0 unspecified atom stereocenters. The van der Waals surface area contributed by atoms with Gasteiger partial charge in [0.2, 0.25) is 5.91 Å². The highest BCUT2D eigenvalue weighted by atomic mass is 19.3. The minimum absolute atomic E-state index is 0.135. The number of amides is 1. The Morgan fingerprint density at radius 3 is 2.12 bits per heavy atom. The van der Waals surface area contributed by atoms with E-state index in [4.69, 9.17) is 10.5 Å². The second-order valence-corrected chi connectivity index (χ2v) is 14.2. The first kappa shape index (κ1) is 36.9. The van der Waals surface area contributed by atoms with Gasteiger partial charge < -0.3 is 15.4 Å². The second kappa shape index (κ2) is 18.0. The van der Waals surface area contributed by atoms with Crippen molar-refractivity contribution in [2.75, 3.05) is 39.3 Å². The third-order valence-electron chi connectivity index (χ3n) is 10.8. The Bertz CT molecular complexity index is 1380. The Balaban J connectivity index is 1.03. The molecule has 2 fully saturated rings. The summed E-state index contributed by atoms with van der Waals surface area (Å²) in [5.74, 6) is 0.0894. The number of likely N-dealkylation sites (tertiary alicyclic amines) is 2. The van der Waals surface area contributed by atoms with Gasteiger partial charge in [-0.1, -0.05) is 79.9 Å². The van der Waals surface area contributed by atoms with Crippen LogP contribution >= 0.6 is 0 Å². The van der Waals surface area contributed by atoms with E-state index in [9.17, 15) is 13.6 Å². The molecule has 2 N–H and O–H groups in total. The first-order valence-electron chi connectivity index (χ1n) is 18.3. The number of hydrogen-bond donors (Lipinski definition) is 1. The summed E-state index contributed by atoms with van der Waals surface area (Å²) in [5.41, 5.74) is 8.14. The molecule has 0 spiro atoms. The third-order valence-corrected chi connectivity index (χ3v) is 10.8. The van der Waals surface area contributed by atoms with Crippen LogP contribution in [0.2, 0.25) is 0 Å². The maximum absolute atomic E-state index is 13.4. The van der Waals surface area contributed by atoms with E-state index in [1.165, 1.54) is 44.4 Å². The number of primary amides is 1. The molecule has 49 heavy (non-hydrogen) atoms. The molecule has 0 saturated carbocycles. The number of ether oxygens (including phenoxy) is 1. The molecule has 7 nitrogen and oxygen atoms in total. The smallest absolute Gasteiger partial charge is 0.387 e. The van der Waals surface area contributed by atoms with Crippen molar-refractivity contribution in [1.29, 1.82) is 0 Å². The fourth-order valence-electron chi connectivity index (χ4n) is 8.33. The summed E-state index contributed by atoms with van der Waals surface area (Å²) in [7, 11) is 0. The van der Waals surface area contributed by atoms with Crippen molar-refractivity contribution in [2.45, 2.75) is 95.9 Å². The molecule has 0 radical (unpaired) electrons. The standard InChI is InChI=1S/C40H55F2N5O2/c1-31(2)47(36-20-26-46(27-21-36)29-32-28-44-22-18-37(32)49-39(41)42)24-13-5-3-4-12-23-45-25-19-35(30-45)40(38(43)48,33-14-8-6-9-15-33)34-16-10-7-11-17-34/h6-11,14-18,22,28,31,35-36,39H,3-5,12-13,19-21,23-27,29-30H2,1-2H3,(H2,43,48)/t35-/m1/s1. The Hall–Kier alpha value is -3.40. The second-order valence-electron chi connectivity index (χ2n) is 14.2. The molecule has 3 heterocycles. The topological polar surface area (TPSA) is 74.9 Å². The van der Waals surface area contributed by atoms with Crippen molar-refractivity contribution in [3.05, 3.63) is 95.8 Å². The first-order valence-corrected chi connectivity index (χ1v) is 18.3. The molecule has 0 bridgehead atoms. The largest absolute Gasteiger partial charge is 0.434 e. The molecule has 266 valence electrons. The molecule has 5 rings (SSSR count). The summed E-state index contributed by atoms with van der Waals surface area (Å²) in [6.07, 6.45) is 12.3. The third kappa shape index (κ3) is 9.44. The number of pyridine rings is 1. The predicted octanol–water partition coefficient (Wildman–Crippen LogP) is 7.10. The number of piperidine rings is 1. The number of unbranched alkanes of at least 4 members (excludes halogenated alkanes) is 4. The number of nitrogens with two attached hydrogens (primary N) is 1. The van der Waals surface area contributed by atoms with Gasteiger partial charge in [0.15, 0.2) is 0 Å². The van der Waals surface area contributed by atoms with E-state index in [0.29, 0.717) is 24.2 Å². The predicted molar refractivity (Wildman–Crippen MR) is 192 cm³/mol. The lowest BCUT2D eigenvalue weighted by Gasteiger charge is -2.40. The summed E-state index contributed by atoms with van der Waals surface area (Å²) in [5, 5.41) is 0. The van der Waals surface area contributed by atoms with Crippen molar-refractivity contribution in [3.8, 4) is 5.75 Å². The molecule has 0 aliphatic carbocycles. The number of halogens is 2. The molecule has 9 heteroatoms. The van der Waals surface area contributed by atoms with E-state index in [1.54, 1.807) is 6.20 Å². The van der Waals surface area contributed by atoms with Crippen LogP contribution in [0.4, 0.5) is 8.78 Å². The number of benzene rings is 2. The van der Waals surface area contributed by atoms with Gasteiger partial charge in [-0.05, 0) is 102 Å². The summed E-state index contributed by atoms with van der Waals surface area (Å²) >= 11 is 0. The summed E-state index contributed by atoms with van der Waals surface area (Å²) < 4.78 is 30.4. The fourth-order valence-corrected chi connectivity index (χ4v) is 8.33. The van der Waals surface area contributed by atoms with Gasteiger partial charge in [0.1, 0.15) is 11.2 Å². The van der Waals surface area contributed by atoms with E-state index < -0.39 is 12.0 Å². The molecule has 2 aliphatic heterocycles. The Kier molecular flexibility index (Phi) is 13.6. The zero-order valence-corrected chi connectivity index (χ0v) is 29.4. The monoisotopic (exact) mass is 675 g/mol. The molecule has 2 aliphatic rings. The van der Waals surface area contributed by atoms with Crippen molar-refractivity contribution in [1.82, 2.24) is 19.7 Å². The van der Waals surface area contributed by atoms with E-state index in [-0.39, 0.29) is 17.6 Å². The van der Waals surface area contributed by atoms with Crippen molar-refractivity contribution >= 4 is 5.91 Å². The van der Waals surface area contributed by atoms with Crippen molar-refractivity contribution in [2.24, 2.45) is 11.7 Å². The highest BCUT2D eigenvalue weighted by Crippen LogP contribution is 2.43. The lowest BCUT2D eigenvalue weighted by molar-refractivity contribution is -0.123. The lowest BCUT2D eigenvalue weighted by Crippen LogP contribution is -2.49. The summed E-state index contributed by atoms with van der Waals surface area (Å²) in [4.78, 5) is 25.0. The molecular formula is C40H55F2N5O2. The van der Waals surface area contributed by atoms with Crippen LogP contribution in [0.3, 0.4) is 0 Å². The first-order chi connectivity index (χ1) is 23.8. The number of hydrogen-bond acceptors (Lipinski definition) is 6. The average Bonchev–Trinajstić information content (AvgIpc) is 3.57. The Morgan fingerprint density at radius 2 is 1.51 bits per heavy atom. The van der Waals surface area contributed by atoms with E-state index >= 15 is 0 Å². The number of carbonyl (C=O) groups is 1. The normalized spacial score (nSPS) is 18.1. The molecule has 2 aromatic carbocycles. The molecule has 3 aromatic rings. The Labute approximate surface area is 291 Å². The van der Waals surface area contributed by atoms with Crippen LogP contribution in [0, 0.1) is 5.92 Å². The van der Waals surface area contributed by atoms with Crippen molar-refractivity contribution in [3.63, 3.8) is 0 Å². The summed E-state index contributed by atoms with van der Waals surface area (Å²) in [6.45, 7) is 8.24. The number of nitrogens with zero attached hydrogens (tertiary/aromatic N) is 4. The van der Waals surface area contributed by atoms with Crippen LogP contribution in [-0.2, 0) is 16.8 Å². The molecule has 1 atom stereocenters. The van der Waals surface area contributed by atoms with Crippen LogP contribution in [-0.4, -0.2) is 83.6 Å². The number of carbonyl (C=O) groups excluding carboxylic acids is 1. The molecule has 1 amide bonds. The zero-order valence-electron chi connectivity index (χ0n) is 29.4. The maximum atomic E-state index is 13.4. The average molecular weight is 676 g/mol. The fraction of sp³-hybridized carbons (Fsp3) is 0.550. The van der Waals surface area contributed by atoms with Gasteiger partial charge in [0, 0.05) is 43.1 Å². The van der Waals surface area contributed by atoms with Crippen LogP contribution < -0.4 is 10.5 Å². The quantitative estimate of drug-likeness (QED) is 0.145. The van der Waals surface area contributed by atoms with Crippen LogP contribution in [0.15, 0.2) is 79.1 Å². The minimum Gasteiger partial charge on any atom is -0.434 e. The SMILES string of the molecule is CC(C)N(CCCCCCCN1CC[C@@H](C(C(N)=O)(c2ccccc2)c2ccccc2)C1)C1CCN(Cc2cnccc2OC(F)F)CC1. The van der Waals surface area contributed by atoms with Crippen LogP contribution in [0.5, 0.6) is 5.75 Å². The highest BCUT2D eigenvalue weighted by Gasteiger charge is 2.49. The number of alkyl halides is 2. The van der Waals surface area contributed by atoms with Gasteiger partial charge in [-0.25, -0.2) is 0 Å². The Morgan fingerprint density at radius 1 is 0.898 bits per heavy atom. The summed E-state index contributed by atoms with van der Waals surface area (Å²) in [6, 6.07) is 22.8. The zero-order chi connectivity index (χ0) is 34.6. The van der Waals surface area contributed by atoms with Gasteiger partial charge in [-0.15, -0.1) is 0 Å². The van der Waals surface area contributed by atoms with Gasteiger partial charge in [0.25, 0.3) is 0 Å². The van der Waals surface area contributed by atoms with Gasteiger partial charge in [-0.3, -0.25) is 19.6 Å². The molecule has 1 aromatic heterocycles. The maximum Gasteiger partial charge on any atom is 0.387 e. The van der Waals surface area contributed by atoms with E-state index in [1.807, 2.05) is 36.4 Å². The molecule has 2 saturated heterocycles. The van der Waals surface area contributed by atoms with Gasteiger partial charge >= 0.3 is 6.61 Å². The minimum atomic E-state index is -2.83. The number of aromatic nitrogens is 1. The van der Waals surface area contributed by atoms with Gasteiger partial charge in [0.05, 0.1) is 0 Å². The van der Waals surface area contributed by atoms with Gasteiger partial charge in [-0.2, -0.15) is 8.78 Å². The van der Waals surface area contributed by atoms with E-state index in [2.05, 4.69) is 57.8 Å². The van der Waals surface area contributed by atoms with Crippen LogP contribution in [0.25, 0.3) is 0 Å². The van der Waals surface area contributed by atoms with Crippen LogP contribution in [0.1, 0.15) is 81.9 Å². The van der Waals surface area contributed by atoms with E-state index in [0.717, 1.165) is 69.7 Å². The molecular weight excluding hydrogens is 620 g/mol. The highest BCUT2D eigenvalue weighted by molar-refractivity contribution is 5.91. The van der Waals surface area contributed by atoms with Crippen molar-refractivity contribution < 1.29 is 18.3 Å². The number of rotatable bonds is 18.